The number of aryl methyl sites for hydroxylation is 1. The highest BCUT2D eigenvalue weighted by Crippen LogP contribution is 2.27. The van der Waals surface area contributed by atoms with E-state index in [0.29, 0.717) is 18.0 Å². The first kappa shape index (κ1) is 14.7. The average molecular weight is 315 g/mol. The first-order chi connectivity index (χ1) is 10.8. The van der Waals surface area contributed by atoms with Gasteiger partial charge in [0, 0.05) is 5.56 Å². The highest BCUT2D eigenvalue weighted by atomic mass is 32.1. The van der Waals surface area contributed by atoms with E-state index < -0.39 is 0 Å². The fourth-order valence-corrected chi connectivity index (χ4v) is 3.03. The molecule has 3 aromatic rings. The van der Waals surface area contributed by atoms with E-state index in [1.165, 1.54) is 11.3 Å². The molecule has 3 rings (SSSR count). The van der Waals surface area contributed by atoms with Gasteiger partial charge in [0.2, 0.25) is 4.96 Å². The lowest BCUT2D eigenvalue weighted by molar-refractivity contribution is 0.111. The number of benzene rings is 1. The Hall–Kier alpha value is -2.21. The third-order valence-corrected chi connectivity index (χ3v) is 4.35. The summed E-state index contributed by atoms with van der Waals surface area (Å²) in [4.78, 5) is 16.8. The molecule has 5 nitrogen and oxygen atoms in total. The van der Waals surface area contributed by atoms with Crippen molar-refractivity contribution in [2.24, 2.45) is 0 Å². The van der Waals surface area contributed by atoms with Crippen LogP contribution < -0.4 is 4.74 Å². The number of carbonyl (C=O) groups excluding carboxylic acids is 1. The van der Waals surface area contributed by atoms with Gasteiger partial charge in [-0.05, 0) is 37.1 Å². The van der Waals surface area contributed by atoms with Crippen molar-refractivity contribution in [2.45, 2.75) is 26.7 Å². The lowest BCUT2D eigenvalue weighted by atomic mass is 10.1. The van der Waals surface area contributed by atoms with Gasteiger partial charge in [-0.25, -0.2) is 4.98 Å². The smallest absolute Gasteiger partial charge is 0.213 e. The number of fused-ring (bicyclic) bond motifs is 1. The quantitative estimate of drug-likeness (QED) is 0.652. The molecule has 0 amide bonds. The zero-order valence-corrected chi connectivity index (χ0v) is 13.4. The molecule has 114 valence electrons. The standard InChI is InChI=1S/C16H17N3O2S/c1-3-9-21-12-7-5-11(6-8-12)15-13(10-20)19-16(17-15)22-14(4-2)18-19/h5-8,10H,3-4,9H2,1-2H3. The van der Waals surface area contributed by atoms with Crippen molar-refractivity contribution in [3.8, 4) is 17.0 Å². The van der Waals surface area contributed by atoms with E-state index in [-0.39, 0.29) is 0 Å². The van der Waals surface area contributed by atoms with Crippen LogP contribution in [0, 0.1) is 0 Å². The topological polar surface area (TPSA) is 56.5 Å². The van der Waals surface area contributed by atoms with Crippen molar-refractivity contribution < 1.29 is 9.53 Å². The van der Waals surface area contributed by atoms with Gasteiger partial charge in [0.25, 0.3) is 0 Å². The van der Waals surface area contributed by atoms with Gasteiger partial charge in [0.05, 0.1) is 6.61 Å². The molecule has 2 aromatic heterocycles. The predicted molar refractivity (Wildman–Crippen MR) is 86.9 cm³/mol. The van der Waals surface area contributed by atoms with Crippen molar-refractivity contribution in [1.82, 2.24) is 14.6 Å². The van der Waals surface area contributed by atoms with Crippen molar-refractivity contribution in [3.05, 3.63) is 35.0 Å². The van der Waals surface area contributed by atoms with Gasteiger partial charge in [-0.1, -0.05) is 25.2 Å². The molecule has 0 unspecified atom stereocenters. The highest BCUT2D eigenvalue weighted by molar-refractivity contribution is 7.16. The Morgan fingerprint density at radius 3 is 2.68 bits per heavy atom. The zero-order valence-electron chi connectivity index (χ0n) is 12.6. The lowest BCUT2D eigenvalue weighted by Crippen LogP contribution is -1.96. The predicted octanol–water partition coefficient (Wildman–Crippen LogP) is 3.62. The minimum absolute atomic E-state index is 0.494. The van der Waals surface area contributed by atoms with E-state index in [9.17, 15) is 4.79 Å². The molecule has 0 radical (unpaired) electrons. The van der Waals surface area contributed by atoms with Gasteiger partial charge in [-0.2, -0.15) is 9.61 Å². The summed E-state index contributed by atoms with van der Waals surface area (Å²) < 4.78 is 7.20. The normalized spacial score (nSPS) is 11.0. The van der Waals surface area contributed by atoms with Crippen LogP contribution in [0.4, 0.5) is 0 Å². The summed E-state index contributed by atoms with van der Waals surface area (Å²) in [6.07, 6.45) is 2.63. The SMILES string of the molecule is CCCOc1ccc(-c2nc3sc(CC)nn3c2C=O)cc1. The number of imidazole rings is 1. The molecule has 0 saturated carbocycles. The fraction of sp³-hybridized carbons (Fsp3) is 0.312. The second-order valence-corrected chi connectivity index (χ2v) is 5.92. The average Bonchev–Trinajstić information content (AvgIpc) is 3.10. The molecule has 0 aliphatic carbocycles. The van der Waals surface area contributed by atoms with Gasteiger partial charge < -0.3 is 4.74 Å². The van der Waals surface area contributed by atoms with E-state index in [1.807, 2.05) is 31.2 Å². The molecule has 0 aliphatic heterocycles. The van der Waals surface area contributed by atoms with E-state index >= 15 is 0 Å². The second kappa shape index (κ2) is 6.27. The number of hydrogen-bond acceptors (Lipinski definition) is 5. The molecule has 1 aromatic carbocycles. The molecule has 0 saturated heterocycles. The molecule has 22 heavy (non-hydrogen) atoms. The Labute approximate surface area is 132 Å². The number of nitrogens with zero attached hydrogens (tertiary/aromatic N) is 3. The summed E-state index contributed by atoms with van der Waals surface area (Å²) in [6, 6.07) is 7.65. The maximum absolute atomic E-state index is 11.5. The molecule has 0 spiro atoms. The third-order valence-electron chi connectivity index (χ3n) is 3.29. The van der Waals surface area contributed by atoms with Crippen molar-refractivity contribution in [1.29, 1.82) is 0 Å². The number of hydrogen-bond donors (Lipinski definition) is 0. The molecular formula is C16H17N3O2S. The maximum Gasteiger partial charge on any atom is 0.213 e. The summed E-state index contributed by atoms with van der Waals surface area (Å²) >= 11 is 1.51. The van der Waals surface area contributed by atoms with E-state index in [1.54, 1.807) is 4.52 Å². The number of ether oxygens (including phenoxy) is 1. The first-order valence-corrected chi connectivity index (χ1v) is 8.15. The van der Waals surface area contributed by atoms with Crippen molar-refractivity contribution in [3.63, 3.8) is 0 Å². The van der Waals surface area contributed by atoms with Crippen LogP contribution in [0.1, 0.15) is 35.8 Å². The lowest BCUT2D eigenvalue weighted by Gasteiger charge is -2.05. The van der Waals surface area contributed by atoms with Gasteiger partial charge in [-0.15, -0.1) is 0 Å². The zero-order chi connectivity index (χ0) is 15.5. The molecule has 0 bridgehead atoms. The Morgan fingerprint density at radius 1 is 1.27 bits per heavy atom. The van der Waals surface area contributed by atoms with E-state index in [4.69, 9.17) is 4.74 Å². The number of aldehydes is 1. The van der Waals surface area contributed by atoms with Gasteiger partial charge in [0.15, 0.2) is 6.29 Å². The number of aromatic nitrogens is 3. The van der Waals surface area contributed by atoms with Crippen LogP contribution in [0.2, 0.25) is 0 Å². The van der Waals surface area contributed by atoms with E-state index in [2.05, 4.69) is 17.0 Å². The van der Waals surface area contributed by atoms with Crippen molar-refractivity contribution >= 4 is 22.6 Å². The second-order valence-electron chi connectivity index (χ2n) is 4.88. The monoisotopic (exact) mass is 315 g/mol. The van der Waals surface area contributed by atoms with Crippen LogP contribution in [-0.4, -0.2) is 27.5 Å². The van der Waals surface area contributed by atoms with Crippen LogP contribution in [0.25, 0.3) is 16.2 Å². The molecule has 0 N–H and O–H groups in total. The van der Waals surface area contributed by atoms with E-state index in [0.717, 1.165) is 40.4 Å². The van der Waals surface area contributed by atoms with Crippen LogP contribution >= 0.6 is 11.3 Å². The summed E-state index contributed by atoms with van der Waals surface area (Å²) in [5, 5.41) is 5.40. The maximum atomic E-state index is 11.5. The van der Waals surface area contributed by atoms with Crippen LogP contribution in [0.15, 0.2) is 24.3 Å². The van der Waals surface area contributed by atoms with Crippen LogP contribution in [-0.2, 0) is 6.42 Å². The van der Waals surface area contributed by atoms with Crippen LogP contribution in [0.5, 0.6) is 5.75 Å². The Kier molecular flexibility index (Phi) is 4.20. The molecule has 0 fully saturated rings. The summed E-state index contributed by atoms with van der Waals surface area (Å²) in [6.45, 7) is 4.80. The third kappa shape index (κ3) is 2.62. The highest BCUT2D eigenvalue weighted by Gasteiger charge is 2.17. The number of rotatable bonds is 6. The Bertz CT molecular complexity index is 790. The largest absolute Gasteiger partial charge is 0.494 e. The number of carbonyl (C=O) groups is 1. The first-order valence-electron chi connectivity index (χ1n) is 7.33. The summed E-state index contributed by atoms with van der Waals surface area (Å²) in [7, 11) is 0. The molecule has 0 atom stereocenters. The minimum atomic E-state index is 0.494. The molecule has 6 heteroatoms. The summed E-state index contributed by atoms with van der Waals surface area (Å²) in [5.41, 5.74) is 2.05. The molecule has 2 heterocycles. The Morgan fingerprint density at radius 2 is 2.05 bits per heavy atom. The molecule has 0 aliphatic rings. The molecular weight excluding hydrogens is 298 g/mol. The van der Waals surface area contributed by atoms with Gasteiger partial charge >= 0.3 is 0 Å². The van der Waals surface area contributed by atoms with Gasteiger partial charge in [0.1, 0.15) is 22.1 Å². The van der Waals surface area contributed by atoms with Crippen LogP contribution in [0.3, 0.4) is 0 Å². The summed E-state index contributed by atoms with van der Waals surface area (Å²) in [5.74, 6) is 0.825. The fourth-order valence-electron chi connectivity index (χ4n) is 2.19. The minimum Gasteiger partial charge on any atom is -0.494 e. The van der Waals surface area contributed by atoms with Gasteiger partial charge in [-0.3, -0.25) is 4.79 Å². The van der Waals surface area contributed by atoms with Crippen molar-refractivity contribution in [2.75, 3.05) is 6.61 Å². The Balaban J connectivity index is 1.98.